The highest BCUT2D eigenvalue weighted by molar-refractivity contribution is 7.91. The number of aliphatic hydroxyl groups excluding tert-OH is 1. The first-order chi connectivity index (χ1) is 14.3. The van der Waals surface area contributed by atoms with E-state index in [0.717, 1.165) is 0 Å². The van der Waals surface area contributed by atoms with Gasteiger partial charge in [-0.2, -0.15) is 10.2 Å². The summed E-state index contributed by atoms with van der Waals surface area (Å²) in [5, 5.41) is 18.5. The molecule has 3 heterocycles. The minimum absolute atomic E-state index is 0.0632. The van der Waals surface area contributed by atoms with Crippen LogP contribution < -0.4 is 5.56 Å². The van der Waals surface area contributed by atoms with Crippen LogP contribution in [-0.4, -0.2) is 38.1 Å². The minimum Gasteiger partial charge on any atom is -0.387 e. The SMILES string of the molecule is CC(O)c1cccc(Cn2ncc3cc(S(=O)(=O)c4cnn(C)c4)ccc3c2=O)n1. The second kappa shape index (κ2) is 7.47. The van der Waals surface area contributed by atoms with Gasteiger partial charge >= 0.3 is 0 Å². The van der Waals surface area contributed by atoms with Gasteiger partial charge < -0.3 is 5.11 Å². The third kappa shape index (κ3) is 3.62. The lowest BCUT2D eigenvalue weighted by Crippen LogP contribution is -2.24. The molecule has 0 bridgehead atoms. The lowest BCUT2D eigenvalue weighted by Gasteiger charge is -2.09. The van der Waals surface area contributed by atoms with E-state index < -0.39 is 15.9 Å². The average molecular weight is 425 g/mol. The predicted octanol–water partition coefficient (Wildman–Crippen LogP) is 1.46. The van der Waals surface area contributed by atoms with Crippen molar-refractivity contribution in [3.8, 4) is 0 Å². The van der Waals surface area contributed by atoms with Gasteiger partial charge in [0.25, 0.3) is 5.56 Å². The number of aromatic nitrogens is 5. The van der Waals surface area contributed by atoms with Crippen molar-refractivity contribution in [2.45, 2.75) is 29.4 Å². The Morgan fingerprint density at radius 3 is 2.60 bits per heavy atom. The Balaban J connectivity index is 1.71. The predicted molar refractivity (Wildman–Crippen MR) is 109 cm³/mol. The zero-order valence-corrected chi connectivity index (χ0v) is 17.1. The van der Waals surface area contributed by atoms with E-state index in [-0.39, 0.29) is 21.9 Å². The van der Waals surface area contributed by atoms with Gasteiger partial charge in [-0.3, -0.25) is 14.5 Å². The summed E-state index contributed by atoms with van der Waals surface area (Å²) in [5.41, 5.74) is 0.729. The van der Waals surface area contributed by atoms with E-state index in [0.29, 0.717) is 22.2 Å². The Kier molecular flexibility index (Phi) is 4.96. The first-order valence-corrected chi connectivity index (χ1v) is 10.6. The summed E-state index contributed by atoms with van der Waals surface area (Å²) in [6.45, 7) is 1.74. The Bertz CT molecular complexity index is 1410. The van der Waals surface area contributed by atoms with Gasteiger partial charge in [0.15, 0.2) is 0 Å². The van der Waals surface area contributed by atoms with E-state index in [2.05, 4.69) is 15.2 Å². The van der Waals surface area contributed by atoms with Crippen LogP contribution in [0, 0.1) is 0 Å². The fourth-order valence-electron chi connectivity index (χ4n) is 3.09. The molecule has 0 fully saturated rings. The number of aliphatic hydroxyl groups is 1. The quantitative estimate of drug-likeness (QED) is 0.514. The molecule has 0 spiro atoms. The van der Waals surface area contributed by atoms with Crippen LogP contribution in [-0.2, 0) is 23.4 Å². The molecule has 0 aliphatic carbocycles. The Morgan fingerprint density at radius 1 is 1.10 bits per heavy atom. The molecular formula is C20H19N5O4S. The van der Waals surface area contributed by atoms with Crippen molar-refractivity contribution < 1.29 is 13.5 Å². The van der Waals surface area contributed by atoms with Gasteiger partial charge in [-0.25, -0.2) is 13.1 Å². The molecule has 3 aromatic heterocycles. The third-order valence-corrected chi connectivity index (χ3v) is 6.40. The molecule has 1 atom stereocenters. The summed E-state index contributed by atoms with van der Waals surface area (Å²) in [6.07, 6.45) is 3.44. The minimum atomic E-state index is -3.75. The van der Waals surface area contributed by atoms with E-state index in [9.17, 15) is 18.3 Å². The van der Waals surface area contributed by atoms with Crippen molar-refractivity contribution in [2.24, 2.45) is 7.05 Å². The van der Waals surface area contributed by atoms with Crippen molar-refractivity contribution in [1.29, 1.82) is 0 Å². The molecule has 0 amide bonds. The molecule has 30 heavy (non-hydrogen) atoms. The van der Waals surface area contributed by atoms with E-state index in [1.54, 1.807) is 32.2 Å². The van der Waals surface area contributed by atoms with Crippen molar-refractivity contribution in [3.05, 3.63) is 76.7 Å². The number of aryl methyl sites for hydroxylation is 1. The smallest absolute Gasteiger partial charge is 0.274 e. The summed E-state index contributed by atoms with van der Waals surface area (Å²) >= 11 is 0. The number of hydrogen-bond donors (Lipinski definition) is 1. The number of pyridine rings is 1. The molecule has 1 unspecified atom stereocenters. The summed E-state index contributed by atoms with van der Waals surface area (Å²) in [5.74, 6) is 0. The lowest BCUT2D eigenvalue weighted by molar-refractivity contribution is 0.194. The summed E-state index contributed by atoms with van der Waals surface area (Å²) in [4.78, 5) is 17.3. The Morgan fingerprint density at radius 2 is 1.90 bits per heavy atom. The number of sulfone groups is 1. The summed E-state index contributed by atoms with van der Waals surface area (Å²) in [7, 11) is -2.11. The van der Waals surface area contributed by atoms with Gasteiger partial charge in [-0.05, 0) is 37.3 Å². The van der Waals surface area contributed by atoms with Gasteiger partial charge in [0.2, 0.25) is 9.84 Å². The zero-order valence-electron chi connectivity index (χ0n) is 16.3. The van der Waals surface area contributed by atoms with Crippen LogP contribution in [0.15, 0.2) is 69.6 Å². The Hall–Kier alpha value is -3.37. The van der Waals surface area contributed by atoms with Crippen molar-refractivity contribution in [2.75, 3.05) is 0 Å². The van der Waals surface area contributed by atoms with Gasteiger partial charge in [-0.1, -0.05) is 6.07 Å². The van der Waals surface area contributed by atoms with E-state index >= 15 is 0 Å². The molecule has 1 N–H and O–H groups in total. The van der Waals surface area contributed by atoms with Crippen molar-refractivity contribution in [3.63, 3.8) is 0 Å². The van der Waals surface area contributed by atoms with E-state index in [1.165, 1.54) is 46.2 Å². The van der Waals surface area contributed by atoms with Crippen LogP contribution in [0.5, 0.6) is 0 Å². The molecule has 0 saturated heterocycles. The van der Waals surface area contributed by atoms with Crippen LogP contribution in [0.2, 0.25) is 0 Å². The molecule has 0 saturated carbocycles. The molecule has 10 heteroatoms. The molecule has 0 aliphatic heterocycles. The highest BCUT2D eigenvalue weighted by Gasteiger charge is 2.20. The molecule has 4 rings (SSSR count). The Labute approximate surface area is 172 Å². The van der Waals surface area contributed by atoms with Crippen LogP contribution in [0.1, 0.15) is 24.4 Å². The molecule has 0 aliphatic rings. The fraction of sp³-hybridized carbons (Fsp3) is 0.200. The van der Waals surface area contributed by atoms with Gasteiger partial charge in [0.05, 0.1) is 46.7 Å². The van der Waals surface area contributed by atoms with Crippen LogP contribution in [0.25, 0.3) is 10.8 Å². The highest BCUT2D eigenvalue weighted by atomic mass is 32.2. The number of benzene rings is 1. The van der Waals surface area contributed by atoms with E-state index in [1.807, 2.05) is 0 Å². The topological polar surface area (TPSA) is 120 Å². The first kappa shape index (κ1) is 19.9. The molecule has 4 aromatic rings. The maximum absolute atomic E-state index is 12.8. The molecule has 1 aromatic carbocycles. The van der Waals surface area contributed by atoms with Crippen LogP contribution in [0.3, 0.4) is 0 Å². The van der Waals surface area contributed by atoms with Gasteiger partial charge in [0, 0.05) is 18.6 Å². The second-order valence-electron chi connectivity index (χ2n) is 6.94. The number of fused-ring (bicyclic) bond motifs is 1. The molecule has 9 nitrogen and oxygen atoms in total. The number of nitrogens with zero attached hydrogens (tertiary/aromatic N) is 5. The van der Waals surface area contributed by atoms with Crippen molar-refractivity contribution in [1.82, 2.24) is 24.5 Å². The van der Waals surface area contributed by atoms with Crippen LogP contribution in [0.4, 0.5) is 0 Å². The zero-order chi connectivity index (χ0) is 21.5. The lowest BCUT2D eigenvalue weighted by atomic mass is 10.2. The van der Waals surface area contributed by atoms with Gasteiger partial charge in [0.1, 0.15) is 4.90 Å². The van der Waals surface area contributed by atoms with Crippen molar-refractivity contribution >= 4 is 20.6 Å². The maximum Gasteiger partial charge on any atom is 0.274 e. The molecule has 0 radical (unpaired) electrons. The maximum atomic E-state index is 12.8. The van der Waals surface area contributed by atoms with E-state index in [4.69, 9.17) is 0 Å². The third-order valence-electron chi connectivity index (χ3n) is 4.69. The largest absolute Gasteiger partial charge is 0.387 e. The van der Waals surface area contributed by atoms with Gasteiger partial charge in [-0.15, -0.1) is 0 Å². The fourth-order valence-corrected chi connectivity index (χ4v) is 4.37. The number of rotatable bonds is 5. The second-order valence-corrected chi connectivity index (χ2v) is 8.89. The average Bonchev–Trinajstić information content (AvgIpc) is 3.17. The molecule has 154 valence electrons. The number of hydrogen-bond acceptors (Lipinski definition) is 7. The highest BCUT2D eigenvalue weighted by Crippen LogP contribution is 2.23. The first-order valence-electron chi connectivity index (χ1n) is 9.13. The summed E-state index contributed by atoms with van der Waals surface area (Å²) in [6, 6.07) is 9.53. The monoisotopic (exact) mass is 425 g/mol. The summed E-state index contributed by atoms with van der Waals surface area (Å²) < 4.78 is 28.2. The normalized spacial score (nSPS) is 12.9. The standard InChI is InChI=1S/C20H19N5O4S/c1-13(26)19-5-3-4-15(23-19)11-25-20(27)18-7-6-16(8-14(18)9-22-25)30(28,29)17-10-21-24(2)12-17/h3-10,12-13,26H,11H2,1-2H3. The molecular weight excluding hydrogens is 406 g/mol. The van der Waals surface area contributed by atoms with Crippen LogP contribution >= 0.6 is 0 Å².